The fourth-order valence-electron chi connectivity index (χ4n) is 2.00. The summed E-state index contributed by atoms with van der Waals surface area (Å²) in [4.78, 5) is 17.9. The van der Waals surface area contributed by atoms with Crippen molar-refractivity contribution in [2.45, 2.75) is 43.5 Å². The highest BCUT2D eigenvalue weighted by Crippen LogP contribution is 2.35. The molecule has 0 bridgehead atoms. The molecule has 0 spiro atoms. The van der Waals surface area contributed by atoms with Crippen LogP contribution in [0.1, 0.15) is 30.5 Å². The van der Waals surface area contributed by atoms with Crippen molar-refractivity contribution in [2.24, 2.45) is 0 Å². The molecule has 1 saturated carbocycles. The maximum absolute atomic E-state index is 11.7. The lowest BCUT2D eigenvalue weighted by Crippen LogP contribution is -2.30. The third kappa shape index (κ3) is 3.81. The summed E-state index contributed by atoms with van der Waals surface area (Å²) >= 11 is 4.87. The molecule has 0 unspecified atom stereocenters. The highest BCUT2D eigenvalue weighted by Gasteiger charge is 2.34. The summed E-state index contributed by atoms with van der Waals surface area (Å²) in [6.07, 6.45) is 3.08. The van der Waals surface area contributed by atoms with Crippen LogP contribution >= 0.6 is 34.4 Å². The van der Waals surface area contributed by atoms with Crippen molar-refractivity contribution in [3.05, 3.63) is 16.1 Å². The number of nitrogens with zero attached hydrogens (tertiary/aromatic N) is 4. The molecule has 0 saturated heterocycles. The summed E-state index contributed by atoms with van der Waals surface area (Å²) in [6.45, 7) is 3.61. The van der Waals surface area contributed by atoms with Gasteiger partial charge in [-0.3, -0.25) is 9.69 Å². The number of hydrogen-bond acceptors (Lipinski definition) is 7. The normalized spacial score (nSPS) is 14.4. The fourth-order valence-corrected chi connectivity index (χ4v) is 4.64. The smallest absolute Gasteiger partial charge is 0.225 e. The van der Waals surface area contributed by atoms with Crippen molar-refractivity contribution in [2.75, 3.05) is 10.7 Å². The van der Waals surface area contributed by atoms with Crippen LogP contribution in [0.2, 0.25) is 0 Å². The minimum absolute atomic E-state index is 0.0585. The Morgan fingerprint density at radius 2 is 2.29 bits per heavy atom. The summed E-state index contributed by atoms with van der Waals surface area (Å²) in [5.41, 5.74) is 1.14. The summed E-state index contributed by atoms with van der Waals surface area (Å²) < 4.78 is 0.920. The molecule has 5 nitrogen and oxygen atoms in total. The number of carbonyl (C=O) groups excluding carboxylic acids is 1. The third-order valence-corrected chi connectivity index (χ3v) is 5.98. The minimum atomic E-state index is 0.0585. The first-order valence-electron chi connectivity index (χ1n) is 6.80. The molecular formula is C13H16N4OS3. The molecule has 0 aliphatic heterocycles. The van der Waals surface area contributed by atoms with Gasteiger partial charge in [0.2, 0.25) is 11.0 Å². The first kappa shape index (κ1) is 14.9. The molecule has 0 N–H and O–H groups in total. The van der Waals surface area contributed by atoms with E-state index in [1.54, 1.807) is 34.9 Å². The first-order valence-corrected chi connectivity index (χ1v) is 9.49. The van der Waals surface area contributed by atoms with E-state index in [2.05, 4.69) is 20.6 Å². The quantitative estimate of drug-likeness (QED) is 0.597. The highest BCUT2D eigenvalue weighted by molar-refractivity contribution is 8.01. The Morgan fingerprint density at radius 1 is 1.48 bits per heavy atom. The zero-order valence-electron chi connectivity index (χ0n) is 11.9. The number of thioether (sulfide) groups is 1. The molecule has 0 atom stereocenters. The molecule has 8 heteroatoms. The van der Waals surface area contributed by atoms with Gasteiger partial charge in [-0.15, -0.1) is 21.5 Å². The molecule has 2 heterocycles. The van der Waals surface area contributed by atoms with Crippen molar-refractivity contribution in [1.29, 1.82) is 0 Å². The molecule has 112 valence electrons. The van der Waals surface area contributed by atoms with Gasteiger partial charge in [0, 0.05) is 24.1 Å². The summed E-state index contributed by atoms with van der Waals surface area (Å²) in [6, 6.07) is 0.339. The predicted octanol–water partition coefficient (Wildman–Crippen LogP) is 3.15. The summed E-state index contributed by atoms with van der Waals surface area (Å²) in [7, 11) is 0. The van der Waals surface area contributed by atoms with Gasteiger partial charge in [0.25, 0.3) is 0 Å². The van der Waals surface area contributed by atoms with Gasteiger partial charge in [0.05, 0.1) is 10.7 Å². The second-order valence-corrected chi connectivity index (χ2v) is 8.29. The van der Waals surface area contributed by atoms with Gasteiger partial charge < -0.3 is 0 Å². The van der Waals surface area contributed by atoms with E-state index < -0.39 is 0 Å². The lowest BCUT2D eigenvalue weighted by molar-refractivity contribution is -0.116. The highest BCUT2D eigenvalue weighted by atomic mass is 32.2. The van der Waals surface area contributed by atoms with Crippen molar-refractivity contribution >= 4 is 45.5 Å². The maximum Gasteiger partial charge on any atom is 0.225 e. The molecular weight excluding hydrogens is 324 g/mol. The SMILES string of the molecule is CC(=O)N(c1nnc(SCCc2csc(C)n2)s1)C1CC1. The molecule has 1 aliphatic carbocycles. The molecule has 2 aromatic heterocycles. The van der Waals surface area contributed by atoms with E-state index in [1.807, 2.05) is 6.92 Å². The lowest BCUT2D eigenvalue weighted by atomic mass is 10.4. The number of hydrogen-bond donors (Lipinski definition) is 0. The van der Waals surface area contributed by atoms with Gasteiger partial charge in [-0.05, 0) is 26.2 Å². The van der Waals surface area contributed by atoms with E-state index in [-0.39, 0.29) is 5.91 Å². The number of aryl methyl sites for hydroxylation is 2. The van der Waals surface area contributed by atoms with Gasteiger partial charge in [-0.1, -0.05) is 23.1 Å². The number of rotatable bonds is 6. The number of carbonyl (C=O) groups is 1. The molecule has 0 radical (unpaired) electrons. The van der Waals surface area contributed by atoms with Crippen LogP contribution in [-0.2, 0) is 11.2 Å². The van der Waals surface area contributed by atoms with Crippen LogP contribution in [0, 0.1) is 6.92 Å². The summed E-state index contributed by atoms with van der Waals surface area (Å²) in [5, 5.41) is 12.3. The Bertz CT molecular complexity index is 635. The topological polar surface area (TPSA) is 59.0 Å². The molecule has 3 rings (SSSR count). The molecule has 0 aromatic carbocycles. The van der Waals surface area contributed by atoms with Crippen LogP contribution < -0.4 is 4.90 Å². The van der Waals surface area contributed by atoms with Gasteiger partial charge in [-0.2, -0.15) is 0 Å². The standard InChI is InChI=1S/C13H16N4OS3/c1-8-14-10(7-20-8)5-6-19-13-16-15-12(21-13)17(9(2)18)11-3-4-11/h7,11H,3-6H2,1-2H3. The maximum atomic E-state index is 11.7. The van der Waals surface area contributed by atoms with E-state index in [4.69, 9.17) is 0 Å². The largest absolute Gasteiger partial charge is 0.284 e. The Hall–Kier alpha value is -0.990. The van der Waals surface area contributed by atoms with Crippen LogP contribution in [0.3, 0.4) is 0 Å². The van der Waals surface area contributed by atoms with E-state index >= 15 is 0 Å². The van der Waals surface area contributed by atoms with Crippen molar-refractivity contribution in [3.8, 4) is 0 Å². The number of anilines is 1. The van der Waals surface area contributed by atoms with Crippen molar-refractivity contribution in [1.82, 2.24) is 15.2 Å². The monoisotopic (exact) mass is 340 g/mol. The number of amides is 1. The first-order chi connectivity index (χ1) is 10.1. The molecule has 21 heavy (non-hydrogen) atoms. The molecule has 1 fully saturated rings. The summed E-state index contributed by atoms with van der Waals surface area (Å²) in [5.74, 6) is 0.990. The van der Waals surface area contributed by atoms with Crippen molar-refractivity contribution < 1.29 is 4.79 Å². The van der Waals surface area contributed by atoms with E-state index in [0.717, 1.165) is 45.2 Å². The van der Waals surface area contributed by atoms with Crippen LogP contribution in [0.4, 0.5) is 5.13 Å². The second-order valence-electron chi connectivity index (χ2n) is 4.93. The zero-order valence-corrected chi connectivity index (χ0v) is 14.4. The van der Waals surface area contributed by atoms with Crippen LogP contribution in [0.5, 0.6) is 0 Å². The Labute approximate surface area is 135 Å². The Morgan fingerprint density at radius 3 is 2.90 bits per heavy atom. The number of aromatic nitrogens is 3. The molecule has 1 amide bonds. The predicted molar refractivity (Wildman–Crippen MR) is 87.4 cm³/mol. The molecule has 1 aliphatic rings. The Kier molecular flexibility index (Phi) is 4.56. The average molecular weight is 340 g/mol. The lowest BCUT2D eigenvalue weighted by Gasteiger charge is -2.15. The van der Waals surface area contributed by atoms with E-state index in [9.17, 15) is 4.79 Å². The fraction of sp³-hybridized carbons (Fsp3) is 0.538. The zero-order chi connectivity index (χ0) is 14.8. The minimum Gasteiger partial charge on any atom is -0.284 e. The van der Waals surface area contributed by atoms with Gasteiger partial charge >= 0.3 is 0 Å². The molecule has 2 aromatic rings. The third-order valence-electron chi connectivity index (χ3n) is 3.10. The van der Waals surface area contributed by atoms with Gasteiger partial charge in [0.15, 0.2) is 4.34 Å². The van der Waals surface area contributed by atoms with E-state index in [1.165, 1.54) is 11.3 Å². The average Bonchev–Trinajstić information content (AvgIpc) is 2.99. The number of thiazole rings is 1. The Balaban J connectivity index is 1.56. The van der Waals surface area contributed by atoms with Gasteiger partial charge in [0.1, 0.15) is 0 Å². The van der Waals surface area contributed by atoms with Gasteiger partial charge in [-0.25, -0.2) is 4.98 Å². The second kappa shape index (κ2) is 6.41. The van der Waals surface area contributed by atoms with Crippen LogP contribution in [-0.4, -0.2) is 32.9 Å². The van der Waals surface area contributed by atoms with Crippen molar-refractivity contribution in [3.63, 3.8) is 0 Å². The van der Waals surface area contributed by atoms with Crippen LogP contribution in [0.25, 0.3) is 0 Å². The van der Waals surface area contributed by atoms with E-state index in [0.29, 0.717) is 6.04 Å². The van der Waals surface area contributed by atoms with Crippen LogP contribution in [0.15, 0.2) is 9.72 Å².